The second kappa shape index (κ2) is 16.0. The topological polar surface area (TPSA) is 80.3 Å². The Morgan fingerprint density at radius 2 is 1.21 bits per heavy atom. The number of hydrogen-bond acceptors (Lipinski definition) is 7. The molecule has 2 unspecified atom stereocenters. The van der Waals surface area contributed by atoms with Gasteiger partial charge in [0.25, 0.3) is 0 Å². The Balaban J connectivity index is 1.82. The summed E-state index contributed by atoms with van der Waals surface area (Å²) >= 11 is 0. The second-order valence-electron chi connectivity index (χ2n) is 8.60. The van der Waals surface area contributed by atoms with Crippen LogP contribution in [0.2, 0.25) is 0 Å². The Bertz CT molecular complexity index is 1130. The molecule has 0 aliphatic heterocycles. The zero-order valence-corrected chi connectivity index (χ0v) is 21.8. The molecule has 0 fully saturated rings. The average Bonchev–Trinajstić information content (AvgIpc) is 2.93. The van der Waals surface area contributed by atoms with E-state index in [4.69, 9.17) is 23.7 Å². The van der Waals surface area contributed by atoms with Crippen molar-refractivity contribution < 1.29 is 33.3 Å². The third-order valence-electron chi connectivity index (χ3n) is 5.40. The summed E-state index contributed by atoms with van der Waals surface area (Å²) in [4.78, 5) is 23.6. The van der Waals surface area contributed by atoms with E-state index in [1.54, 1.807) is 6.08 Å². The van der Waals surface area contributed by atoms with Crippen molar-refractivity contribution in [1.29, 1.82) is 0 Å². The Labute approximate surface area is 223 Å². The largest absolute Gasteiger partial charge is 0.490 e. The van der Waals surface area contributed by atoms with Gasteiger partial charge in [0, 0.05) is 13.8 Å². The van der Waals surface area contributed by atoms with Crippen molar-refractivity contribution in [3.63, 3.8) is 0 Å². The van der Waals surface area contributed by atoms with E-state index in [1.807, 2.05) is 91.0 Å². The zero-order valence-electron chi connectivity index (χ0n) is 21.8. The highest BCUT2D eigenvalue weighted by Gasteiger charge is 2.26. The van der Waals surface area contributed by atoms with Crippen LogP contribution in [0, 0.1) is 0 Å². The zero-order chi connectivity index (χ0) is 27.0. The van der Waals surface area contributed by atoms with E-state index in [9.17, 15) is 9.59 Å². The van der Waals surface area contributed by atoms with Crippen LogP contribution in [0.4, 0.5) is 0 Å². The molecule has 0 spiro atoms. The molecule has 0 saturated carbocycles. The molecule has 2 atom stereocenters. The van der Waals surface area contributed by atoms with Gasteiger partial charge < -0.3 is 23.7 Å². The van der Waals surface area contributed by atoms with Crippen LogP contribution in [-0.4, -0.2) is 37.4 Å². The van der Waals surface area contributed by atoms with Gasteiger partial charge in [-0.15, -0.1) is 0 Å². The van der Waals surface area contributed by atoms with Crippen LogP contribution in [0.5, 0.6) is 0 Å². The molecule has 0 amide bonds. The number of carbonyl (C=O) groups excluding carboxylic acids is 2. The number of hydrogen-bond donors (Lipinski definition) is 0. The Hall–Kier alpha value is -3.94. The molecule has 7 heteroatoms. The maximum atomic E-state index is 12.0. The summed E-state index contributed by atoms with van der Waals surface area (Å²) in [5.41, 5.74) is 2.89. The smallest absolute Gasteiger partial charge is 0.303 e. The maximum absolute atomic E-state index is 12.0. The van der Waals surface area contributed by atoms with E-state index < -0.39 is 24.1 Å². The summed E-state index contributed by atoms with van der Waals surface area (Å²) in [6.07, 6.45) is 0.178. The molecule has 0 aliphatic carbocycles. The minimum absolute atomic E-state index is 0.0873. The maximum Gasteiger partial charge on any atom is 0.303 e. The first kappa shape index (κ1) is 28.6. The van der Waals surface area contributed by atoms with Crippen molar-refractivity contribution in [3.8, 4) is 0 Å². The second-order valence-corrected chi connectivity index (χ2v) is 8.60. The lowest BCUT2D eigenvalue weighted by Gasteiger charge is -2.26. The highest BCUT2D eigenvalue weighted by atomic mass is 16.6. The fourth-order valence-electron chi connectivity index (χ4n) is 3.55. The van der Waals surface area contributed by atoms with Crippen LogP contribution in [-0.2, 0) is 53.1 Å². The van der Waals surface area contributed by atoms with Crippen LogP contribution < -0.4 is 0 Å². The predicted octanol–water partition coefficient (Wildman–Crippen LogP) is 5.38. The number of rotatable bonds is 15. The average molecular weight is 519 g/mol. The molecule has 200 valence electrons. The van der Waals surface area contributed by atoms with Gasteiger partial charge in [0.05, 0.1) is 19.8 Å². The molecule has 3 rings (SSSR count). The third kappa shape index (κ3) is 11.0. The van der Waals surface area contributed by atoms with E-state index in [1.165, 1.54) is 13.8 Å². The minimum atomic E-state index is -0.771. The van der Waals surface area contributed by atoms with E-state index in [0.717, 1.165) is 16.7 Å². The van der Waals surface area contributed by atoms with Crippen LogP contribution in [0.25, 0.3) is 0 Å². The molecular weight excluding hydrogens is 484 g/mol. The fraction of sp³-hybridized carbons (Fsp3) is 0.290. The molecule has 0 N–H and O–H groups in total. The van der Waals surface area contributed by atoms with Crippen molar-refractivity contribution in [2.75, 3.05) is 13.2 Å². The molecule has 3 aromatic carbocycles. The lowest BCUT2D eigenvalue weighted by molar-refractivity contribution is -0.159. The van der Waals surface area contributed by atoms with Crippen molar-refractivity contribution in [2.45, 2.75) is 45.9 Å². The lowest BCUT2D eigenvalue weighted by Crippen LogP contribution is -2.36. The van der Waals surface area contributed by atoms with E-state index in [2.05, 4.69) is 0 Å². The summed E-state index contributed by atoms with van der Waals surface area (Å²) in [7, 11) is 0. The SMILES string of the molecule is CC(=O)OC/C(=C\C(OCc1ccccc1)C(COCc1ccccc1)OC(C)=O)OCc1ccccc1. The Morgan fingerprint density at radius 3 is 1.74 bits per heavy atom. The molecule has 0 heterocycles. The van der Waals surface area contributed by atoms with Gasteiger partial charge in [-0.1, -0.05) is 91.0 Å². The monoisotopic (exact) mass is 518 g/mol. The van der Waals surface area contributed by atoms with Crippen molar-refractivity contribution in [1.82, 2.24) is 0 Å². The third-order valence-corrected chi connectivity index (χ3v) is 5.40. The van der Waals surface area contributed by atoms with Gasteiger partial charge in [-0.25, -0.2) is 0 Å². The van der Waals surface area contributed by atoms with Gasteiger partial charge in [0.1, 0.15) is 25.1 Å². The predicted molar refractivity (Wildman–Crippen MR) is 143 cm³/mol. The number of esters is 2. The van der Waals surface area contributed by atoms with Gasteiger partial charge in [-0.3, -0.25) is 9.59 Å². The summed E-state index contributed by atoms with van der Waals surface area (Å²) < 4.78 is 29.0. The standard InChI is InChI=1S/C31H34O7/c1-24(32)35-22-29(36-20-27-14-8-4-9-15-27)18-30(37-21-28-16-10-5-11-17-28)31(38-25(2)33)23-34-19-26-12-6-3-7-13-26/h3-18,30-31H,19-23H2,1-2H3/b29-18+. The molecule has 3 aromatic rings. The summed E-state index contributed by atoms with van der Waals surface area (Å²) in [6, 6.07) is 29.0. The molecule has 0 aromatic heterocycles. The van der Waals surface area contributed by atoms with Gasteiger partial charge in [0.2, 0.25) is 0 Å². The highest BCUT2D eigenvalue weighted by molar-refractivity contribution is 5.66. The van der Waals surface area contributed by atoms with Crippen molar-refractivity contribution >= 4 is 11.9 Å². The van der Waals surface area contributed by atoms with Crippen LogP contribution in [0.1, 0.15) is 30.5 Å². The molecule has 7 nitrogen and oxygen atoms in total. The summed E-state index contributed by atoms with van der Waals surface area (Å²) in [5.74, 6) is -0.530. The first-order valence-corrected chi connectivity index (χ1v) is 12.4. The Kier molecular flexibility index (Phi) is 12.1. The van der Waals surface area contributed by atoms with Crippen LogP contribution in [0.3, 0.4) is 0 Å². The van der Waals surface area contributed by atoms with Gasteiger partial charge >= 0.3 is 11.9 Å². The normalized spacial score (nSPS) is 12.8. The first-order chi connectivity index (χ1) is 18.5. The van der Waals surface area contributed by atoms with Crippen molar-refractivity contribution in [3.05, 3.63) is 120 Å². The lowest BCUT2D eigenvalue weighted by atomic mass is 10.1. The number of ether oxygens (including phenoxy) is 5. The van der Waals surface area contributed by atoms with E-state index in [0.29, 0.717) is 12.4 Å². The highest BCUT2D eigenvalue weighted by Crippen LogP contribution is 2.17. The quantitative estimate of drug-likeness (QED) is 0.197. The van der Waals surface area contributed by atoms with Gasteiger partial charge in [-0.05, 0) is 22.8 Å². The summed E-state index contributed by atoms with van der Waals surface area (Å²) in [6.45, 7) is 3.54. The molecule has 38 heavy (non-hydrogen) atoms. The number of benzene rings is 3. The minimum Gasteiger partial charge on any atom is -0.490 e. The van der Waals surface area contributed by atoms with Crippen molar-refractivity contribution in [2.24, 2.45) is 0 Å². The van der Waals surface area contributed by atoms with Crippen LogP contribution >= 0.6 is 0 Å². The Morgan fingerprint density at radius 1 is 0.684 bits per heavy atom. The summed E-state index contributed by atoms with van der Waals surface area (Å²) in [5, 5.41) is 0. The van der Waals surface area contributed by atoms with E-state index >= 15 is 0 Å². The van der Waals surface area contributed by atoms with Gasteiger partial charge in [-0.2, -0.15) is 0 Å². The number of carbonyl (C=O) groups is 2. The first-order valence-electron chi connectivity index (χ1n) is 12.4. The van der Waals surface area contributed by atoms with E-state index in [-0.39, 0.29) is 26.4 Å². The molecule has 0 radical (unpaired) electrons. The molecule has 0 saturated heterocycles. The molecular formula is C31H34O7. The van der Waals surface area contributed by atoms with Gasteiger partial charge in [0.15, 0.2) is 6.10 Å². The molecule has 0 aliphatic rings. The molecule has 0 bridgehead atoms. The fourth-order valence-corrected chi connectivity index (χ4v) is 3.55. The van der Waals surface area contributed by atoms with Crippen LogP contribution in [0.15, 0.2) is 103 Å².